The van der Waals surface area contributed by atoms with Crippen LogP contribution >= 0.6 is 0 Å². The van der Waals surface area contributed by atoms with E-state index in [1.165, 1.54) is 13.0 Å². The summed E-state index contributed by atoms with van der Waals surface area (Å²) < 4.78 is 0.747. The summed E-state index contributed by atoms with van der Waals surface area (Å²) in [6.45, 7) is 3.04. The normalized spacial score (nSPS) is 10.3. The molecule has 0 fully saturated rings. The van der Waals surface area contributed by atoms with E-state index < -0.39 is 11.4 Å². The lowest BCUT2D eigenvalue weighted by molar-refractivity contribution is 0.0689. The van der Waals surface area contributed by atoms with Crippen LogP contribution in [-0.4, -0.2) is 15.6 Å². The summed E-state index contributed by atoms with van der Waals surface area (Å²) in [5.41, 5.74) is 0.863. The van der Waals surface area contributed by atoms with Gasteiger partial charge in [-0.15, -0.1) is 4.73 Å². The summed E-state index contributed by atoms with van der Waals surface area (Å²) in [6, 6.07) is 10.5. The molecule has 0 unspecified atom stereocenters. The Balaban J connectivity index is 2.35. The van der Waals surface area contributed by atoms with Crippen LogP contribution in [0.2, 0.25) is 0 Å². The van der Waals surface area contributed by atoms with Gasteiger partial charge in [-0.05, 0) is 25.0 Å². The highest BCUT2D eigenvalue weighted by atomic mass is 16.7. The summed E-state index contributed by atoms with van der Waals surface area (Å²) >= 11 is 0. The number of hydrogen-bond donors (Lipinski definition) is 1. The molecule has 0 atom stereocenters. The van der Waals surface area contributed by atoms with E-state index in [1.54, 1.807) is 6.92 Å². The van der Waals surface area contributed by atoms with Crippen LogP contribution in [-0.2, 0) is 6.61 Å². The molecular weight excluding hydrogens is 258 g/mol. The molecule has 0 saturated heterocycles. The maximum Gasteiger partial charge on any atom is 0.286 e. The van der Waals surface area contributed by atoms with Crippen LogP contribution < -0.4 is 10.4 Å². The number of benzene rings is 1. The zero-order chi connectivity index (χ0) is 14.7. The quantitative estimate of drug-likeness (QED) is 0.861. The van der Waals surface area contributed by atoms with Gasteiger partial charge in [-0.1, -0.05) is 30.3 Å². The van der Waals surface area contributed by atoms with Gasteiger partial charge >= 0.3 is 0 Å². The topological polar surface area (TPSA) is 68.5 Å². The van der Waals surface area contributed by atoms with Crippen molar-refractivity contribution in [3.8, 4) is 5.88 Å². The van der Waals surface area contributed by atoms with E-state index in [2.05, 4.69) is 0 Å². The van der Waals surface area contributed by atoms with Gasteiger partial charge in [0, 0.05) is 6.07 Å². The number of hydrogen-bond acceptors (Lipinski definition) is 4. The average molecular weight is 273 g/mol. The Morgan fingerprint density at radius 2 is 1.95 bits per heavy atom. The molecule has 0 aliphatic rings. The molecular formula is C15H15NO4. The van der Waals surface area contributed by atoms with Gasteiger partial charge in [-0.3, -0.25) is 9.59 Å². The summed E-state index contributed by atoms with van der Waals surface area (Å²) in [6.07, 6.45) is 0. The average Bonchev–Trinajstić information content (AvgIpc) is 2.38. The van der Waals surface area contributed by atoms with Crippen molar-refractivity contribution in [1.29, 1.82) is 0 Å². The van der Waals surface area contributed by atoms with E-state index >= 15 is 0 Å². The molecule has 0 radical (unpaired) electrons. The Bertz CT molecular complexity index is 689. The maximum atomic E-state index is 11.8. The van der Waals surface area contributed by atoms with Crippen LogP contribution in [0.25, 0.3) is 0 Å². The zero-order valence-electron chi connectivity index (χ0n) is 11.3. The van der Waals surface area contributed by atoms with Gasteiger partial charge < -0.3 is 9.94 Å². The first-order valence-corrected chi connectivity index (χ1v) is 6.14. The molecule has 0 bridgehead atoms. The van der Waals surface area contributed by atoms with E-state index in [-0.39, 0.29) is 18.0 Å². The lowest BCUT2D eigenvalue weighted by Gasteiger charge is -2.13. The van der Waals surface area contributed by atoms with Crippen LogP contribution in [0.5, 0.6) is 5.88 Å². The highest BCUT2D eigenvalue weighted by Gasteiger charge is 2.17. The number of aromatic nitrogens is 1. The third-order valence-corrected chi connectivity index (χ3v) is 2.91. The minimum atomic E-state index is -0.513. The minimum absolute atomic E-state index is 0.0951. The Morgan fingerprint density at radius 3 is 2.55 bits per heavy atom. The fourth-order valence-electron chi connectivity index (χ4n) is 1.97. The Labute approximate surface area is 116 Å². The third kappa shape index (κ3) is 2.71. The number of Topliss-reactive ketones (excluding diaryl/α,β-unsaturated/α-hetero) is 1. The predicted molar refractivity (Wildman–Crippen MR) is 73.8 cm³/mol. The van der Waals surface area contributed by atoms with Crippen molar-refractivity contribution >= 4 is 5.78 Å². The van der Waals surface area contributed by atoms with Crippen LogP contribution in [0, 0.1) is 6.92 Å². The van der Waals surface area contributed by atoms with E-state index in [0.29, 0.717) is 5.56 Å². The monoisotopic (exact) mass is 273 g/mol. The number of carbonyl (C=O) groups is 1. The molecule has 0 aliphatic carbocycles. The minimum Gasteiger partial charge on any atom is -0.492 e. The van der Waals surface area contributed by atoms with Crippen molar-refractivity contribution in [3.05, 3.63) is 63.4 Å². The maximum absolute atomic E-state index is 11.8. The molecule has 5 nitrogen and oxygen atoms in total. The summed E-state index contributed by atoms with van der Waals surface area (Å²) in [7, 11) is 0. The molecule has 0 amide bonds. The molecule has 104 valence electrons. The van der Waals surface area contributed by atoms with E-state index in [9.17, 15) is 14.7 Å². The summed E-state index contributed by atoms with van der Waals surface area (Å²) in [5, 5.41) is 10.0. The molecule has 2 rings (SSSR count). The van der Waals surface area contributed by atoms with Gasteiger partial charge in [0.25, 0.3) is 5.56 Å². The highest BCUT2D eigenvalue weighted by molar-refractivity contribution is 5.97. The smallest absolute Gasteiger partial charge is 0.286 e. The number of pyridine rings is 1. The van der Waals surface area contributed by atoms with E-state index in [1.807, 2.05) is 30.3 Å². The lowest BCUT2D eigenvalue weighted by atomic mass is 10.1. The van der Waals surface area contributed by atoms with Crippen LogP contribution in [0.15, 0.2) is 41.2 Å². The first kappa shape index (κ1) is 13.9. The molecule has 0 spiro atoms. The lowest BCUT2D eigenvalue weighted by Crippen LogP contribution is -2.28. The molecule has 2 aromatic rings. The molecule has 1 N–H and O–H groups in total. The Morgan fingerprint density at radius 1 is 1.30 bits per heavy atom. The number of nitrogens with zero attached hydrogens (tertiary/aromatic N) is 1. The van der Waals surface area contributed by atoms with Crippen LogP contribution in [0.3, 0.4) is 0 Å². The van der Waals surface area contributed by atoms with Gasteiger partial charge in [-0.25, -0.2) is 0 Å². The SMILES string of the molecule is CC(=O)c1c(C)cc(=O)n(OCc2ccccc2)c1O. The predicted octanol–water partition coefficient (Wildman–Crippen LogP) is 1.69. The molecule has 1 aromatic carbocycles. The Hall–Kier alpha value is -2.56. The largest absolute Gasteiger partial charge is 0.492 e. The summed E-state index contributed by atoms with van der Waals surface area (Å²) in [4.78, 5) is 28.6. The van der Waals surface area contributed by atoms with E-state index in [4.69, 9.17) is 4.84 Å². The third-order valence-electron chi connectivity index (χ3n) is 2.91. The molecule has 5 heteroatoms. The second-order valence-electron chi connectivity index (χ2n) is 4.47. The van der Waals surface area contributed by atoms with Crippen molar-refractivity contribution in [2.45, 2.75) is 20.5 Å². The van der Waals surface area contributed by atoms with Gasteiger partial charge in [0.05, 0.1) is 5.56 Å². The van der Waals surface area contributed by atoms with Crippen molar-refractivity contribution in [1.82, 2.24) is 4.73 Å². The zero-order valence-corrected chi connectivity index (χ0v) is 11.3. The number of aryl methyl sites for hydroxylation is 1. The molecule has 1 aromatic heterocycles. The Kier molecular flexibility index (Phi) is 3.89. The number of aromatic hydroxyl groups is 1. The first-order chi connectivity index (χ1) is 9.50. The molecule has 1 heterocycles. The first-order valence-electron chi connectivity index (χ1n) is 6.14. The van der Waals surface area contributed by atoms with Crippen molar-refractivity contribution in [2.75, 3.05) is 0 Å². The molecule has 0 aliphatic heterocycles. The number of carbonyl (C=O) groups excluding carboxylic acids is 1. The van der Waals surface area contributed by atoms with Crippen LogP contribution in [0.1, 0.15) is 28.4 Å². The van der Waals surface area contributed by atoms with Crippen LogP contribution in [0.4, 0.5) is 0 Å². The fourth-order valence-corrected chi connectivity index (χ4v) is 1.97. The molecule has 0 saturated carbocycles. The standard InChI is InChI=1S/C15H15NO4/c1-10-8-13(18)16(15(19)14(10)11(2)17)20-9-12-6-4-3-5-7-12/h3-8,19H,9H2,1-2H3. The van der Waals surface area contributed by atoms with Gasteiger partial charge in [0.1, 0.15) is 6.61 Å². The number of rotatable bonds is 4. The van der Waals surface area contributed by atoms with Gasteiger partial charge in [0.15, 0.2) is 5.78 Å². The second-order valence-corrected chi connectivity index (χ2v) is 4.47. The van der Waals surface area contributed by atoms with Gasteiger partial charge in [0.2, 0.25) is 5.88 Å². The summed E-state index contributed by atoms with van der Waals surface area (Å²) in [5.74, 6) is -0.782. The van der Waals surface area contributed by atoms with Crippen molar-refractivity contribution in [2.24, 2.45) is 0 Å². The molecule has 20 heavy (non-hydrogen) atoms. The second kappa shape index (κ2) is 5.61. The highest BCUT2D eigenvalue weighted by Crippen LogP contribution is 2.18. The number of ketones is 1. The van der Waals surface area contributed by atoms with E-state index in [0.717, 1.165) is 10.3 Å². The van der Waals surface area contributed by atoms with Crippen molar-refractivity contribution < 1.29 is 14.7 Å². The van der Waals surface area contributed by atoms with Gasteiger partial charge in [-0.2, -0.15) is 0 Å². The fraction of sp³-hybridized carbons (Fsp3) is 0.200. The van der Waals surface area contributed by atoms with Crippen molar-refractivity contribution in [3.63, 3.8) is 0 Å².